The van der Waals surface area contributed by atoms with Gasteiger partial charge in [-0.1, -0.05) is 17.7 Å². The van der Waals surface area contributed by atoms with E-state index < -0.39 is 0 Å². The molecule has 2 aromatic rings. The van der Waals surface area contributed by atoms with E-state index in [2.05, 4.69) is 10.3 Å². The van der Waals surface area contributed by atoms with Crippen LogP contribution in [0.1, 0.15) is 24.0 Å². The van der Waals surface area contributed by atoms with E-state index in [9.17, 15) is 9.59 Å². The Hall–Kier alpha value is -3.48. The highest BCUT2D eigenvalue weighted by atomic mass is 35.5. The van der Waals surface area contributed by atoms with Gasteiger partial charge in [-0.2, -0.15) is 10.3 Å². The summed E-state index contributed by atoms with van der Waals surface area (Å²) < 4.78 is 11.3. The molecular formula is C24H21ClN4O4S. The Morgan fingerprint density at radius 1 is 1.24 bits per heavy atom. The number of rotatable bonds is 7. The average Bonchev–Trinajstić information content (AvgIpc) is 3.40. The number of halogens is 1. The fourth-order valence-electron chi connectivity index (χ4n) is 3.50. The zero-order chi connectivity index (χ0) is 24.1. The van der Waals surface area contributed by atoms with Crippen molar-refractivity contribution in [1.82, 2.24) is 10.2 Å². The van der Waals surface area contributed by atoms with E-state index in [0.29, 0.717) is 57.4 Å². The average molecular weight is 497 g/mol. The fraction of sp³-hybridized carbons (Fsp3) is 0.250. The SMILES string of the molecule is COc1cc(/C=C2/SC(NCCN3CCCC3=O)=NC2=O)ccc1Oc1ccc(C#N)cc1Cl. The lowest BCUT2D eigenvalue weighted by Gasteiger charge is -2.15. The lowest BCUT2D eigenvalue weighted by molar-refractivity contribution is -0.127. The molecule has 2 aliphatic rings. The number of carbonyl (C=O) groups is 2. The first kappa shape index (κ1) is 23.7. The second kappa shape index (κ2) is 10.6. The van der Waals surface area contributed by atoms with Crippen molar-refractivity contribution in [2.24, 2.45) is 4.99 Å². The Bertz CT molecular complexity index is 1240. The van der Waals surface area contributed by atoms with Crippen molar-refractivity contribution in [2.75, 3.05) is 26.7 Å². The number of aliphatic imine (C=N–C) groups is 1. The van der Waals surface area contributed by atoms with Gasteiger partial charge < -0.3 is 19.7 Å². The summed E-state index contributed by atoms with van der Waals surface area (Å²) in [6.45, 7) is 1.91. The zero-order valence-electron chi connectivity index (χ0n) is 18.3. The standard InChI is InChI=1S/C24H21ClN4O4S/c1-32-20-12-15(4-7-19(20)33-18-6-5-16(14-26)11-17(18)25)13-21-23(31)28-24(34-21)27-8-10-29-9-2-3-22(29)30/h4-7,11-13H,2-3,8-10H2,1H3,(H,27,28,31)/b21-13+. The van der Waals surface area contributed by atoms with E-state index in [1.165, 1.54) is 24.9 Å². The number of ether oxygens (including phenoxy) is 2. The summed E-state index contributed by atoms with van der Waals surface area (Å²) in [7, 11) is 1.52. The van der Waals surface area contributed by atoms with Crippen LogP contribution >= 0.6 is 23.4 Å². The summed E-state index contributed by atoms with van der Waals surface area (Å²) >= 11 is 7.46. The van der Waals surface area contributed by atoms with Gasteiger partial charge in [-0.05, 0) is 60.2 Å². The number of benzene rings is 2. The van der Waals surface area contributed by atoms with Gasteiger partial charge in [0.1, 0.15) is 5.75 Å². The normalized spacial score (nSPS) is 16.6. The molecule has 0 saturated carbocycles. The topological polar surface area (TPSA) is 104 Å². The van der Waals surface area contributed by atoms with Gasteiger partial charge in [-0.15, -0.1) is 0 Å². The van der Waals surface area contributed by atoms with Crippen molar-refractivity contribution >= 4 is 46.4 Å². The van der Waals surface area contributed by atoms with E-state index in [0.717, 1.165) is 18.5 Å². The molecule has 1 N–H and O–H groups in total. The Morgan fingerprint density at radius 2 is 2.06 bits per heavy atom. The highest BCUT2D eigenvalue weighted by Crippen LogP contribution is 2.37. The summed E-state index contributed by atoms with van der Waals surface area (Å²) in [6.07, 6.45) is 3.23. The molecule has 8 nitrogen and oxygen atoms in total. The molecule has 2 amide bonds. The number of likely N-dealkylation sites (tertiary alicyclic amines) is 1. The van der Waals surface area contributed by atoms with Crippen LogP contribution < -0.4 is 14.8 Å². The summed E-state index contributed by atoms with van der Waals surface area (Å²) in [5.41, 5.74) is 1.18. The number of nitriles is 1. The van der Waals surface area contributed by atoms with Gasteiger partial charge in [0, 0.05) is 26.1 Å². The molecule has 34 heavy (non-hydrogen) atoms. The zero-order valence-corrected chi connectivity index (χ0v) is 19.9. The number of carbonyl (C=O) groups excluding carboxylic acids is 2. The number of amides is 2. The molecule has 2 aliphatic heterocycles. The molecule has 1 fully saturated rings. The van der Waals surface area contributed by atoms with Crippen LogP contribution in [0.25, 0.3) is 6.08 Å². The molecule has 2 heterocycles. The maximum Gasteiger partial charge on any atom is 0.286 e. The van der Waals surface area contributed by atoms with Gasteiger partial charge in [0.15, 0.2) is 16.7 Å². The third kappa shape index (κ3) is 5.53. The van der Waals surface area contributed by atoms with Gasteiger partial charge in [-0.3, -0.25) is 9.59 Å². The van der Waals surface area contributed by atoms with Gasteiger partial charge >= 0.3 is 0 Å². The minimum absolute atomic E-state index is 0.169. The number of methoxy groups -OCH3 is 1. The number of nitrogens with zero attached hydrogens (tertiary/aromatic N) is 3. The number of thioether (sulfide) groups is 1. The predicted octanol–water partition coefficient (Wildman–Crippen LogP) is 4.19. The molecule has 0 unspecified atom stereocenters. The summed E-state index contributed by atoms with van der Waals surface area (Å²) in [6, 6.07) is 12.0. The number of hydrogen-bond acceptors (Lipinski definition) is 7. The van der Waals surface area contributed by atoms with Crippen molar-refractivity contribution in [3.63, 3.8) is 0 Å². The number of hydrogen-bond donors (Lipinski definition) is 1. The second-order valence-corrected chi connectivity index (χ2v) is 8.95. The second-order valence-electron chi connectivity index (χ2n) is 7.51. The molecule has 0 bridgehead atoms. The third-order valence-corrected chi connectivity index (χ3v) is 6.45. The van der Waals surface area contributed by atoms with Crippen LogP contribution in [0.3, 0.4) is 0 Å². The summed E-state index contributed by atoms with van der Waals surface area (Å²) in [4.78, 5) is 30.4. The largest absolute Gasteiger partial charge is 0.493 e. The molecule has 1 saturated heterocycles. The van der Waals surface area contributed by atoms with E-state index in [1.54, 1.807) is 36.4 Å². The van der Waals surface area contributed by atoms with E-state index in [4.69, 9.17) is 26.3 Å². The number of amidine groups is 1. The lowest BCUT2D eigenvalue weighted by atomic mass is 10.2. The molecular weight excluding hydrogens is 476 g/mol. The van der Waals surface area contributed by atoms with Crippen LogP contribution in [0.15, 0.2) is 46.3 Å². The number of nitrogens with one attached hydrogen (secondary N) is 1. The highest BCUT2D eigenvalue weighted by Gasteiger charge is 2.23. The molecule has 0 spiro atoms. The lowest BCUT2D eigenvalue weighted by Crippen LogP contribution is -2.34. The summed E-state index contributed by atoms with van der Waals surface area (Å²) in [5, 5.41) is 12.9. The van der Waals surface area contributed by atoms with Gasteiger partial charge in [0.25, 0.3) is 5.91 Å². The first-order valence-corrected chi connectivity index (χ1v) is 11.8. The van der Waals surface area contributed by atoms with Crippen LogP contribution in [-0.4, -0.2) is 48.6 Å². The van der Waals surface area contributed by atoms with Crippen LogP contribution in [0.2, 0.25) is 5.02 Å². The first-order valence-electron chi connectivity index (χ1n) is 10.6. The molecule has 0 aliphatic carbocycles. The van der Waals surface area contributed by atoms with Crippen molar-refractivity contribution in [3.8, 4) is 23.3 Å². The van der Waals surface area contributed by atoms with Crippen molar-refractivity contribution in [3.05, 3.63) is 57.5 Å². The van der Waals surface area contributed by atoms with Crippen molar-refractivity contribution in [1.29, 1.82) is 5.26 Å². The Kier molecular flexibility index (Phi) is 7.40. The molecule has 2 aromatic carbocycles. The van der Waals surface area contributed by atoms with Gasteiger partial charge in [-0.25, -0.2) is 0 Å². The van der Waals surface area contributed by atoms with E-state index >= 15 is 0 Å². The molecule has 10 heteroatoms. The quantitative estimate of drug-likeness (QED) is 0.573. The van der Waals surface area contributed by atoms with Crippen molar-refractivity contribution < 1.29 is 19.1 Å². The monoisotopic (exact) mass is 496 g/mol. The molecule has 0 atom stereocenters. The predicted molar refractivity (Wildman–Crippen MR) is 131 cm³/mol. The molecule has 4 rings (SSSR count). The maximum absolute atomic E-state index is 12.3. The van der Waals surface area contributed by atoms with Crippen LogP contribution in [-0.2, 0) is 9.59 Å². The maximum atomic E-state index is 12.3. The fourth-order valence-corrected chi connectivity index (χ4v) is 4.56. The smallest absolute Gasteiger partial charge is 0.286 e. The first-order chi connectivity index (χ1) is 16.5. The van der Waals surface area contributed by atoms with Crippen molar-refractivity contribution in [2.45, 2.75) is 12.8 Å². The Balaban J connectivity index is 1.40. The molecule has 0 aromatic heterocycles. The minimum atomic E-state index is -0.326. The van der Waals surface area contributed by atoms with Crippen LogP contribution in [0, 0.1) is 11.3 Å². The van der Waals surface area contributed by atoms with Crippen LogP contribution in [0.4, 0.5) is 0 Å². The summed E-state index contributed by atoms with van der Waals surface area (Å²) in [5.74, 6) is 1.14. The van der Waals surface area contributed by atoms with Gasteiger partial charge in [0.2, 0.25) is 5.91 Å². The molecule has 174 valence electrons. The Labute approximate surface area is 206 Å². The molecule has 0 radical (unpaired) electrons. The minimum Gasteiger partial charge on any atom is -0.493 e. The highest BCUT2D eigenvalue weighted by molar-refractivity contribution is 8.18. The van der Waals surface area contributed by atoms with Crippen LogP contribution in [0.5, 0.6) is 17.2 Å². The van der Waals surface area contributed by atoms with Gasteiger partial charge in [0.05, 0.1) is 28.7 Å². The third-order valence-electron chi connectivity index (χ3n) is 5.22. The van der Waals surface area contributed by atoms with E-state index in [-0.39, 0.29) is 11.8 Å². The van der Waals surface area contributed by atoms with E-state index in [1.807, 2.05) is 11.0 Å². The Morgan fingerprint density at radius 3 is 2.76 bits per heavy atom.